The zero-order valence-electron chi connectivity index (χ0n) is 15.7. The first-order valence-electron chi connectivity index (χ1n) is 9.13. The van der Waals surface area contributed by atoms with Crippen LogP contribution in [-0.4, -0.2) is 68.8 Å². The summed E-state index contributed by atoms with van der Waals surface area (Å²) >= 11 is 0. The minimum Gasteiger partial charge on any atom is -0.493 e. The molecule has 0 aromatic heterocycles. The number of nitrogens with one attached hydrogen (secondary N) is 1. The molecule has 0 unspecified atom stereocenters. The van der Waals surface area contributed by atoms with E-state index in [2.05, 4.69) is 17.1 Å². The Balaban J connectivity index is 1.67. The summed E-state index contributed by atoms with van der Waals surface area (Å²) in [6, 6.07) is 7.85. The highest BCUT2D eigenvalue weighted by Gasteiger charge is 2.21. The lowest BCUT2D eigenvalue weighted by Gasteiger charge is -2.33. The van der Waals surface area contributed by atoms with E-state index in [0.29, 0.717) is 13.2 Å². The molecular formula is C19H31N3O3. The molecule has 0 radical (unpaired) electrons. The number of likely N-dealkylation sites (tertiary alicyclic amines) is 1. The van der Waals surface area contributed by atoms with E-state index >= 15 is 0 Å². The van der Waals surface area contributed by atoms with Gasteiger partial charge in [0.05, 0.1) is 13.7 Å². The number of rotatable bonds is 8. The van der Waals surface area contributed by atoms with E-state index in [4.69, 9.17) is 9.47 Å². The fourth-order valence-corrected chi connectivity index (χ4v) is 3.07. The maximum atomic E-state index is 12.3. The minimum absolute atomic E-state index is 0.000227. The number of ether oxygens (including phenoxy) is 2. The smallest absolute Gasteiger partial charge is 0.317 e. The Morgan fingerprint density at radius 3 is 2.84 bits per heavy atom. The number of amides is 2. The molecule has 2 amide bonds. The van der Waals surface area contributed by atoms with Gasteiger partial charge in [-0.1, -0.05) is 19.1 Å². The van der Waals surface area contributed by atoms with E-state index in [9.17, 15) is 4.79 Å². The molecular weight excluding hydrogens is 318 g/mol. The van der Waals surface area contributed by atoms with Gasteiger partial charge in [-0.05, 0) is 44.5 Å². The lowest BCUT2D eigenvalue weighted by Crippen LogP contribution is -2.50. The van der Waals surface area contributed by atoms with Gasteiger partial charge < -0.3 is 24.6 Å². The van der Waals surface area contributed by atoms with Crippen LogP contribution in [0.1, 0.15) is 26.2 Å². The Hall–Kier alpha value is -1.95. The highest BCUT2D eigenvalue weighted by atomic mass is 16.5. The highest BCUT2D eigenvalue weighted by Crippen LogP contribution is 2.25. The summed E-state index contributed by atoms with van der Waals surface area (Å²) in [6.45, 7) is 6.50. The fourth-order valence-electron chi connectivity index (χ4n) is 3.07. The van der Waals surface area contributed by atoms with Crippen molar-refractivity contribution in [2.45, 2.75) is 32.2 Å². The molecule has 1 aliphatic heterocycles. The lowest BCUT2D eigenvalue weighted by atomic mass is 10.1. The fraction of sp³-hybridized carbons (Fsp3) is 0.632. The normalized spacial score (nSPS) is 17.8. The van der Waals surface area contributed by atoms with Gasteiger partial charge in [-0.2, -0.15) is 0 Å². The van der Waals surface area contributed by atoms with Crippen LogP contribution in [0, 0.1) is 0 Å². The maximum Gasteiger partial charge on any atom is 0.317 e. The van der Waals surface area contributed by atoms with Crippen molar-refractivity contribution < 1.29 is 14.3 Å². The van der Waals surface area contributed by atoms with Crippen LogP contribution in [0.2, 0.25) is 0 Å². The van der Waals surface area contributed by atoms with Crippen LogP contribution in [0.3, 0.4) is 0 Å². The first-order chi connectivity index (χ1) is 12.1. The zero-order valence-corrected chi connectivity index (χ0v) is 15.7. The van der Waals surface area contributed by atoms with Crippen LogP contribution in [0.4, 0.5) is 4.79 Å². The van der Waals surface area contributed by atoms with E-state index in [-0.39, 0.29) is 12.1 Å². The number of para-hydroxylation sites is 2. The lowest BCUT2D eigenvalue weighted by molar-refractivity contribution is 0.174. The molecule has 0 saturated carbocycles. The molecule has 1 saturated heterocycles. The quantitative estimate of drug-likeness (QED) is 0.733. The SMILES string of the molecule is CCN1CCC[C@@H](NC(=O)N(C)CCCOc2ccccc2OC)C1. The second kappa shape index (κ2) is 10.1. The molecule has 1 N–H and O–H groups in total. The average Bonchev–Trinajstić information content (AvgIpc) is 2.65. The molecule has 1 aliphatic rings. The molecule has 1 heterocycles. The molecule has 1 aromatic rings. The summed E-state index contributed by atoms with van der Waals surface area (Å²) in [4.78, 5) is 16.4. The van der Waals surface area contributed by atoms with Crippen molar-refractivity contribution in [3.8, 4) is 11.5 Å². The molecule has 1 fully saturated rings. The van der Waals surface area contributed by atoms with Crippen molar-refractivity contribution in [2.24, 2.45) is 0 Å². The van der Waals surface area contributed by atoms with Gasteiger partial charge in [0.15, 0.2) is 11.5 Å². The largest absolute Gasteiger partial charge is 0.493 e. The number of likely N-dealkylation sites (N-methyl/N-ethyl adjacent to an activating group) is 1. The van der Waals surface area contributed by atoms with Gasteiger partial charge in [0.1, 0.15) is 0 Å². The number of urea groups is 1. The number of carbonyl (C=O) groups excluding carboxylic acids is 1. The van der Waals surface area contributed by atoms with Crippen molar-refractivity contribution >= 4 is 6.03 Å². The Bertz CT molecular complexity index is 538. The summed E-state index contributed by atoms with van der Waals surface area (Å²) in [7, 11) is 3.46. The second-order valence-electron chi connectivity index (χ2n) is 6.46. The van der Waals surface area contributed by atoms with E-state index in [0.717, 1.165) is 50.4 Å². The highest BCUT2D eigenvalue weighted by molar-refractivity contribution is 5.74. The van der Waals surface area contributed by atoms with Crippen molar-refractivity contribution in [1.29, 1.82) is 0 Å². The number of hydrogen-bond acceptors (Lipinski definition) is 4. The molecule has 0 spiro atoms. The Labute approximate surface area is 151 Å². The monoisotopic (exact) mass is 349 g/mol. The van der Waals surface area contributed by atoms with E-state index in [1.54, 1.807) is 12.0 Å². The molecule has 2 rings (SSSR count). The molecule has 0 aliphatic carbocycles. The van der Waals surface area contributed by atoms with E-state index in [1.807, 2.05) is 31.3 Å². The number of methoxy groups -OCH3 is 1. The summed E-state index contributed by atoms with van der Waals surface area (Å²) in [5, 5.41) is 3.14. The van der Waals surface area contributed by atoms with Crippen LogP contribution in [0.25, 0.3) is 0 Å². The van der Waals surface area contributed by atoms with Crippen LogP contribution >= 0.6 is 0 Å². The summed E-state index contributed by atoms with van der Waals surface area (Å²) in [5.74, 6) is 1.46. The van der Waals surface area contributed by atoms with Gasteiger partial charge in [-0.15, -0.1) is 0 Å². The third-order valence-corrected chi connectivity index (χ3v) is 4.59. The summed E-state index contributed by atoms with van der Waals surface area (Å²) in [6.07, 6.45) is 2.98. The number of benzene rings is 1. The summed E-state index contributed by atoms with van der Waals surface area (Å²) < 4.78 is 11.0. The topological polar surface area (TPSA) is 54.0 Å². The molecule has 6 nitrogen and oxygen atoms in total. The predicted octanol–water partition coefficient (Wildman–Crippen LogP) is 2.59. The van der Waals surface area contributed by atoms with Crippen molar-refractivity contribution in [1.82, 2.24) is 15.1 Å². The average molecular weight is 349 g/mol. The molecule has 1 aromatic carbocycles. The van der Waals surface area contributed by atoms with Gasteiger partial charge in [0, 0.05) is 26.2 Å². The van der Waals surface area contributed by atoms with Crippen LogP contribution in [0.5, 0.6) is 11.5 Å². The number of nitrogens with zero attached hydrogens (tertiary/aromatic N) is 2. The van der Waals surface area contributed by atoms with Gasteiger partial charge in [0.2, 0.25) is 0 Å². The van der Waals surface area contributed by atoms with E-state index in [1.165, 1.54) is 0 Å². The number of hydrogen-bond donors (Lipinski definition) is 1. The summed E-state index contributed by atoms with van der Waals surface area (Å²) in [5.41, 5.74) is 0. The first-order valence-corrected chi connectivity index (χ1v) is 9.13. The Kier molecular flexibility index (Phi) is 7.85. The third-order valence-electron chi connectivity index (χ3n) is 4.59. The van der Waals surface area contributed by atoms with Crippen molar-refractivity contribution in [2.75, 3.05) is 46.9 Å². The molecule has 25 heavy (non-hydrogen) atoms. The van der Waals surface area contributed by atoms with Crippen LogP contribution < -0.4 is 14.8 Å². The van der Waals surface area contributed by atoms with Gasteiger partial charge in [-0.25, -0.2) is 4.79 Å². The molecule has 140 valence electrons. The number of piperidine rings is 1. The predicted molar refractivity (Wildman–Crippen MR) is 99.4 cm³/mol. The molecule has 6 heteroatoms. The number of carbonyl (C=O) groups is 1. The van der Waals surface area contributed by atoms with E-state index < -0.39 is 0 Å². The Morgan fingerprint density at radius 2 is 2.12 bits per heavy atom. The van der Waals surface area contributed by atoms with Crippen LogP contribution in [0.15, 0.2) is 24.3 Å². The van der Waals surface area contributed by atoms with Crippen molar-refractivity contribution in [3.63, 3.8) is 0 Å². The van der Waals surface area contributed by atoms with Crippen LogP contribution in [-0.2, 0) is 0 Å². The molecule has 1 atom stereocenters. The van der Waals surface area contributed by atoms with Gasteiger partial charge in [0.25, 0.3) is 0 Å². The van der Waals surface area contributed by atoms with Gasteiger partial charge >= 0.3 is 6.03 Å². The first kappa shape index (κ1) is 19.4. The maximum absolute atomic E-state index is 12.3. The minimum atomic E-state index is 0.000227. The third kappa shape index (κ3) is 6.12. The van der Waals surface area contributed by atoms with Crippen molar-refractivity contribution in [3.05, 3.63) is 24.3 Å². The van der Waals surface area contributed by atoms with Gasteiger partial charge in [-0.3, -0.25) is 0 Å². The Morgan fingerprint density at radius 1 is 1.36 bits per heavy atom. The standard InChI is InChI=1S/C19H31N3O3/c1-4-22-13-7-9-16(15-22)20-19(23)21(2)12-8-14-25-18-11-6-5-10-17(18)24-3/h5-6,10-11,16H,4,7-9,12-15H2,1-3H3,(H,20,23)/t16-/m1/s1. The second-order valence-corrected chi connectivity index (χ2v) is 6.46. The molecule has 0 bridgehead atoms. The zero-order chi connectivity index (χ0) is 18.1.